The zero-order chi connectivity index (χ0) is 18.9. The van der Waals surface area contributed by atoms with Gasteiger partial charge in [0.1, 0.15) is 0 Å². The second-order valence-electron chi connectivity index (χ2n) is 7.46. The van der Waals surface area contributed by atoms with Crippen LogP contribution in [0.5, 0.6) is 0 Å². The zero-order valence-corrected chi connectivity index (χ0v) is 17.5. The third-order valence-electron chi connectivity index (χ3n) is 3.22. The Hall–Kier alpha value is -1.52. The Bertz CT molecular complexity index is 554. The van der Waals surface area contributed by atoms with Crippen LogP contribution in [0, 0.1) is 5.92 Å². The number of nitrogens with one attached hydrogen (secondary N) is 2. The number of aliphatic imine (C=N–C) groups is 1. The molecular weight excluding hydrogens is 381 g/mol. The molecule has 1 amide bonds. The molecule has 0 aliphatic carbocycles. The van der Waals surface area contributed by atoms with Crippen molar-refractivity contribution in [3.63, 3.8) is 0 Å². The minimum absolute atomic E-state index is 0.0230. The van der Waals surface area contributed by atoms with E-state index in [1.165, 1.54) is 0 Å². The number of benzene rings is 1. The monoisotopic (exact) mass is 412 g/mol. The van der Waals surface area contributed by atoms with Crippen LogP contribution in [0.4, 0.5) is 4.79 Å². The molecule has 0 saturated heterocycles. The van der Waals surface area contributed by atoms with E-state index in [9.17, 15) is 4.79 Å². The molecule has 6 heteroatoms. The Kier molecular flexibility index (Phi) is 9.01. The topological polar surface area (TPSA) is 62.7 Å². The van der Waals surface area contributed by atoms with E-state index in [1.807, 2.05) is 51.1 Å². The fourth-order valence-corrected chi connectivity index (χ4v) is 2.56. The summed E-state index contributed by atoms with van der Waals surface area (Å²) >= 11 is 2.94. The second kappa shape index (κ2) is 10.5. The van der Waals surface area contributed by atoms with Gasteiger partial charge in [0.05, 0.1) is 0 Å². The number of nitrogens with zero attached hydrogens (tertiary/aromatic N) is 1. The molecule has 0 spiro atoms. The van der Waals surface area contributed by atoms with Crippen LogP contribution in [-0.2, 0) is 11.3 Å². The molecule has 25 heavy (non-hydrogen) atoms. The molecule has 1 aromatic carbocycles. The summed E-state index contributed by atoms with van der Waals surface area (Å²) in [5.41, 5.74) is 0.656. The van der Waals surface area contributed by atoms with Crippen molar-refractivity contribution >= 4 is 26.8 Å². The summed E-state index contributed by atoms with van der Waals surface area (Å²) in [6.45, 7) is 11.0. The molecule has 1 aromatic rings. The summed E-state index contributed by atoms with van der Waals surface area (Å²) in [5.74, 6) is 0.465. The van der Waals surface area contributed by atoms with Gasteiger partial charge in [-0.05, 0) is 0 Å². The molecule has 0 heterocycles. The molecule has 1 atom stereocenters. The van der Waals surface area contributed by atoms with Gasteiger partial charge in [-0.25, -0.2) is 0 Å². The van der Waals surface area contributed by atoms with Crippen molar-refractivity contribution in [1.82, 2.24) is 10.6 Å². The fraction of sp³-hybridized carbons (Fsp3) is 0.579. The summed E-state index contributed by atoms with van der Waals surface area (Å²) < 4.78 is 6.09. The second-order valence-corrected chi connectivity index (χ2v) is 8.27. The van der Waals surface area contributed by atoms with Gasteiger partial charge < -0.3 is 0 Å². The Labute approximate surface area is 159 Å². The average molecular weight is 411 g/mol. The molecule has 0 unspecified atom stereocenters. The molecular formula is C19H30N3O2Se. The molecule has 1 rings (SSSR count). The minimum atomic E-state index is -0.499. The SMILES string of the molecule is CC(C)C[C@@H](CNC([Se])=NCc1ccccc1)NC(=O)OC(C)(C)C. The molecule has 0 aromatic heterocycles. The molecule has 2 N–H and O–H groups in total. The fourth-order valence-electron chi connectivity index (χ4n) is 2.25. The molecule has 1 radical (unpaired) electrons. The summed E-state index contributed by atoms with van der Waals surface area (Å²) in [5, 5.41) is 6.19. The average Bonchev–Trinajstić information content (AvgIpc) is 2.49. The number of rotatable bonds is 7. The standard InChI is InChI=1S/C19H30N3O2Se/c1-14(2)11-16(22-18(23)24-19(3,4)5)13-21-17(25)20-12-15-9-7-6-8-10-15/h6-10,14,16H,11-13H2,1-5H3,(H,20,21)(H,22,23)/t16-/m0/s1. The van der Waals surface area contributed by atoms with Crippen LogP contribution < -0.4 is 10.6 Å². The van der Waals surface area contributed by atoms with E-state index in [-0.39, 0.29) is 12.1 Å². The van der Waals surface area contributed by atoms with Crippen LogP contribution in [0.1, 0.15) is 46.6 Å². The maximum atomic E-state index is 12.0. The number of hydrogen-bond donors (Lipinski definition) is 2. The van der Waals surface area contributed by atoms with E-state index in [0.717, 1.165) is 16.7 Å². The predicted octanol–water partition coefficient (Wildman–Crippen LogP) is 3.24. The van der Waals surface area contributed by atoms with Gasteiger partial charge in [0.15, 0.2) is 0 Å². The first-order chi connectivity index (χ1) is 11.7. The summed E-state index contributed by atoms with van der Waals surface area (Å²) in [6, 6.07) is 10.1. The number of amides is 1. The Balaban J connectivity index is 2.52. The molecule has 139 valence electrons. The van der Waals surface area contributed by atoms with Gasteiger partial charge in [-0.1, -0.05) is 0 Å². The van der Waals surface area contributed by atoms with Crippen molar-refractivity contribution in [2.24, 2.45) is 10.9 Å². The van der Waals surface area contributed by atoms with E-state index in [0.29, 0.717) is 19.0 Å². The van der Waals surface area contributed by atoms with Crippen LogP contribution in [0.2, 0.25) is 0 Å². The normalized spacial score (nSPS) is 13.4. The molecule has 0 aliphatic rings. The summed E-state index contributed by atoms with van der Waals surface area (Å²) in [4.78, 5) is 16.5. The number of amidine groups is 1. The number of carbonyl (C=O) groups excluding carboxylic acids is 1. The number of ether oxygens (including phenoxy) is 1. The Morgan fingerprint density at radius 2 is 1.88 bits per heavy atom. The van der Waals surface area contributed by atoms with E-state index < -0.39 is 5.60 Å². The van der Waals surface area contributed by atoms with Gasteiger partial charge >= 0.3 is 160 Å². The van der Waals surface area contributed by atoms with Gasteiger partial charge in [0.25, 0.3) is 0 Å². The number of carbonyl (C=O) groups is 1. The van der Waals surface area contributed by atoms with Crippen molar-refractivity contribution < 1.29 is 9.53 Å². The van der Waals surface area contributed by atoms with E-state index in [1.54, 1.807) is 0 Å². The van der Waals surface area contributed by atoms with Gasteiger partial charge in [-0.15, -0.1) is 0 Å². The summed E-state index contributed by atoms with van der Waals surface area (Å²) in [7, 11) is 0. The van der Waals surface area contributed by atoms with Gasteiger partial charge in [-0.2, -0.15) is 0 Å². The van der Waals surface area contributed by atoms with E-state index >= 15 is 0 Å². The van der Waals surface area contributed by atoms with Crippen LogP contribution >= 0.6 is 0 Å². The third kappa shape index (κ3) is 10.8. The molecule has 0 aliphatic heterocycles. The predicted molar refractivity (Wildman–Crippen MR) is 104 cm³/mol. The van der Waals surface area contributed by atoms with Crippen molar-refractivity contribution in [3.8, 4) is 0 Å². The molecule has 0 saturated carbocycles. The quantitative estimate of drug-likeness (QED) is 0.411. The van der Waals surface area contributed by atoms with Crippen molar-refractivity contribution in [2.45, 2.75) is 59.2 Å². The first kappa shape index (κ1) is 21.5. The first-order valence-electron chi connectivity index (χ1n) is 8.64. The third-order valence-corrected chi connectivity index (χ3v) is 3.80. The zero-order valence-electron chi connectivity index (χ0n) is 15.8. The van der Waals surface area contributed by atoms with Gasteiger partial charge in [-0.3, -0.25) is 0 Å². The van der Waals surface area contributed by atoms with Crippen molar-refractivity contribution in [3.05, 3.63) is 35.9 Å². The van der Waals surface area contributed by atoms with E-state index in [2.05, 4.69) is 45.5 Å². The summed E-state index contributed by atoms with van der Waals surface area (Å²) in [6.07, 6.45) is 0.473. The Morgan fingerprint density at radius 3 is 2.44 bits per heavy atom. The molecule has 0 bridgehead atoms. The number of alkyl carbamates (subject to hydrolysis) is 1. The van der Waals surface area contributed by atoms with Crippen LogP contribution in [0.25, 0.3) is 0 Å². The van der Waals surface area contributed by atoms with Crippen molar-refractivity contribution in [1.29, 1.82) is 0 Å². The van der Waals surface area contributed by atoms with Crippen LogP contribution in [0.15, 0.2) is 35.3 Å². The first-order valence-corrected chi connectivity index (χ1v) is 9.50. The maximum absolute atomic E-state index is 12.0. The van der Waals surface area contributed by atoms with Crippen LogP contribution in [0.3, 0.4) is 0 Å². The van der Waals surface area contributed by atoms with Gasteiger partial charge in [0, 0.05) is 0 Å². The van der Waals surface area contributed by atoms with Crippen molar-refractivity contribution in [2.75, 3.05) is 6.54 Å². The molecule has 5 nitrogen and oxygen atoms in total. The number of hydrogen-bond acceptors (Lipinski definition) is 3. The van der Waals surface area contributed by atoms with Crippen LogP contribution in [-0.4, -0.2) is 45.0 Å². The van der Waals surface area contributed by atoms with E-state index in [4.69, 9.17) is 4.74 Å². The molecule has 0 fully saturated rings. The Morgan fingerprint density at radius 1 is 1.24 bits per heavy atom. The van der Waals surface area contributed by atoms with Gasteiger partial charge in [0.2, 0.25) is 0 Å².